The second-order valence-corrected chi connectivity index (χ2v) is 8.96. The molecule has 1 saturated carbocycles. The van der Waals surface area contributed by atoms with E-state index in [1.54, 1.807) is 0 Å². The number of rotatable bonds is 9. The third-order valence-corrected chi connectivity index (χ3v) is 6.65. The van der Waals surface area contributed by atoms with Crippen molar-refractivity contribution in [2.45, 2.75) is 64.0 Å². The van der Waals surface area contributed by atoms with E-state index in [0.29, 0.717) is 25.3 Å². The van der Waals surface area contributed by atoms with E-state index in [9.17, 15) is 9.59 Å². The van der Waals surface area contributed by atoms with E-state index in [1.165, 1.54) is 17.5 Å². The van der Waals surface area contributed by atoms with Crippen molar-refractivity contribution in [3.05, 3.63) is 70.8 Å². The Balaban J connectivity index is 1.14. The molecule has 4 rings (SSSR count). The Morgan fingerprint density at radius 2 is 1.69 bits per heavy atom. The van der Waals surface area contributed by atoms with Crippen molar-refractivity contribution < 1.29 is 14.3 Å². The SMILES string of the molecule is O=C(NCCCOC1CCCc2ccccc21)c1ccc(CNC(=O)C2CCCC2)cc1. The predicted octanol–water partition coefficient (Wildman–Crippen LogP) is 4.71. The lowest BCUT2D eigenvalue weighted by Crippen LogP contribution is -2.28. The lowest BCUT2D eigenvalue weighted by molar-refractivity contribution is -0.124. The highest BCUT2D eigenvalue weighted by Crippen LogP contribution is 2.32. The van der Waals surface area contributed by atoms with Gasteiger partial charge in [-0.25, -0.2) is 0 Å². The van der Waals surface area contributed by atoms with Crippen LogP contribution >= 0.6 is 0 Å². The molecule has 2 aliphatic rings. The minimum absolute atomic E-state index is 0.0745. The molecule has 0 radical (unpaired) electrons. The number of ether oxygens (including phenoxy) is 1. The minimum atomic E-state index is -0.0745. The van der Waals surface area contributed by atoms with Crippen molar-refractivity contribution in [2.24, 2.45) is 5.92 Å². The number of hydrogen-bond donors (Lipinski definition) is 2. The van der Waals surface area contributed by atoms with Gasteiger partial charge in [0.2, 0.25) is 5.91 Å². The lowest BCUT2D eigenvalue weighted by Gasteiger charge is -2.25. The summed E-state index contributed by atoms with van der Waals surface area (Å²) in [5, 5.41) is 5.99. The number of carbonyl (C=O) groups excluding carboxylic acids is 2. The average Bonchev–Trinajstić information content (AvgIpc) is 3.38. The first-order valence-corrected chi connectivity index (χ1v) is 12.0. The molecule has 2 N–H and O–H groups in total. The van der Waals surface area contributed by atoms with Gasteiger partial charge in [-0.3, -0.25) is 9.59 Å². The number of aryl methyl sites for hydroxylation is 1. The van der Waals surface area contributed by atoms with E-state index >= 15 is 0 Å². The molecule has 1 unspecified atom stereocenters. The summed E-state index contributed by atoms with van der Waals surface area (Å²) in [7, 11) is 0. The highest BCUT2D eigenvalue weighted by Gasteiger charge is 2.22. The Labute approximate surface area is 190 Å². The fourth-order valence-corrected chi connectivity index (χ4v) is 4.78. The number of nitrogens with one attached hydrogen (secondary N) is 2. The number of carbonyl (C=O) groups is 2. The van der Waals surface area contributed by atoms with Crippen molar-refractivity contribution >= 4 is 11.8 Å². The van der Waals surface area contributed by atoms with Crippen LogP contribution in [0.5, 0.6) is 0 Å². The summed E-state index contributed by atoms with van der Waals surface area (Å²) < 4.78 is 6.11. The fraction of sp³-hybridized carbons (Fsp3) is 0.481. The summed E-state index contributed by atoms with van der Waals surface area (Å²) in [5.74, 6) is 0.259. The predicted molar refractivity (Wildman–Crippen MR) is 125 cm³/mol. The van der Waals surface area contributed by atoms with Gasteiger partial charge in [0, 0.05) is 31.2 Å². The zero-order chi connectivity index (χ0) is 22.2. The Bertz CT molecular complexity index is 903. The molecule has 2 amide bonds. The highest BCUT2D eigenvalue weighted by atomic mass is 16.5. The van der Waals surface area contributed by atoms with Gasteiger partial charge >= 0.3 is 0 Å². The van der Waals surface area contributed by atoms with Gasteiger partial charge in [0.25, 0.3) is 5.91 Å². The molecule has 1 atom stereocenters. The molecule has 1 fully saturated rings. The van der Waals surface area contributed by atoms with Gasteiger partial charge in [0.05, 0.1) is 6.10 Å². The monoisotopic (exact) mass is 434 g/mol. The maximum Gasteiger partial charge on any atom is 0.251 e. The maximum absolute atomic E-state index is 12.4. The third-order valence-electron chi connectivity index (χ3n) is 6.65. The summed E-state index contributed by atoms with van der Waals surface area (Å²) >= 11 is 0. The summed E-state index contributed by atoms with van der Waals surface area (Å²) in [6, 6.07) is 16.0. The molecule has 0 spiro atoms. The van der Waals surface area contributed by atoms with Crippen LogP contribution in [0.15, 0.2) is 48.5 Å². The van der Waals surface area contributed by atoms with Crippen LogP contribution < -0.4 is 10.6 Å². The van der Waals surface area contributed by atoms with Gasteiger partial charge in [-0.1, -0.05) is 49.2 Å². The largest absolute Gasteiger partial charge is 0.373 e. The fourth-order valence-electron chi connectivity index (χ4n) is 4.78. The number of fused-ring (bicyclic) bond motifs is 1. The van der Waals surface area contributed by atoms with Gasteiger partial charge in [-0.2, -0.15) is 0 Å². The van der Waals surface area contributed by atoms with E-state index in [-0.39, 0.29) is 23.8 Å². The van der Waals surface area contributed by atoms with Crippen LogP contribution in [0, 0.1) is 5.92 Å². The van der Waals surface area contributed by atoms with Crippen molar-refractivity contribution in [2.75, 3.05) is 13.2 Å². The second-order valence-electron chi connectivity index (χ2n) is 8.96. The molecule has 2 aromatic rings. The summed E-state index contributed by atoms with van der Waals surface area (Å²) in [4.78, 5) is 24.5. The average molecular weight is 435 g/mol. The van der Waals surface area contributed by atoms with Crippen LogP contribution in [0.2, 0.25) is 0 Å². The van der Waals surface area contributed by atoms with Gasteiger partial charge < -0.3 is 15.4 Å². The Morgan fingerprint density at radius 1 is 0.906 bits per heavy atom. The van der Waals surface area contributed by atoms with Crippen LogP contribution in [-0.4, -0.2) is 25.0 Å². The summed E-state index contributed by atoms with van der Waals surface area (Å²) in [6.45, 7) is 1.74. The molecule has 0 aromatic heterocycles. The van der Waals surface area contributed by atoms with Crippen LogP contribution in [0.1, 0.15) is 78.1 Å². The summed E-state index contributed by atoms with van der Waals surface area (Å²) in [6.07, 6.45) is 8.65. The molecule has 0 saturated heterocycles. The van der Waals surface area contributed by atoms with E-state index < -0.39 is 0 Å². The Hall–Kier alpha value is -2.66. The van der Waals surface area contributed by atoms with Gasteiger partial charge in [0.15, 0.2) is 0 Å². The highest BCUT2D eigenvalue weighted by molar-refractivity contribution is 5.94. The molecule has 2 aliphatic carbocycles. The number of hydrogen-bond acceptors (Lipinski definition) is 3. The molecule has 2 aromatic carbocycles. The van der Waals surface area contributed by atoms with E-state index in [1.807, 2.05) is 24.3 Å². The summed E-state index contributed by atoms with van der Waals surface area (Å²) in [5.41, 5.74) is 4.37. The van der Waals surface area contributed by atoms with E-state index in [0.717, 1.165) is 50.5 Å². The molecular weight excluding hydrogens is 400 g/mol. The topological polar surface area (TPSA) is 67.4 Å². The molecule has 170 valence electrons. The third kappa shape index (κ3) is 5.98. The van der Waals surface area contributed by atoms with Crippen LogP contribution in [0.4, 0.5) is 0 Å². The molecule has 5 nitrogen and oxygen atoms in total. The standard InChI is InChI=1S/C27H34N2O3/c30-26(23-15-13-20(14-16-23)19-29-27(31)22-8-1-2-9-22)28-17-6-18-32-25-12-5-10-21-7-3-4-11-24(21)25/h3-4,7,11,13-16,22,25H,1-2,5-6,8-10,12,17-19H2,(H,28,30)(H,29,31). The van der Waals surface area contributed by atoms with Crippen LogP contribution in [-0.2, 0) is 22.5 Å². The first kappa shape index (κ1) is 22.5. The molecule has 5 heteroatoms. The quantitative estimate of drug-likeness (QED) is 0.562. The van der Waals surface area contributed by atoms with Crippen molar-refractivity contribution in [1.29, 1.82) is 0 Å². The Kier molecular flexibility index (Phi) is 7.94. The number of benzene rings is 2. The first-order valence-electron chi connectivity index (χ1n) is 12.0. The van der Waals surface area contributed by atoms with E-state index in [4.69, 9.17) is 4.74 Å². The lowest BCUT2D eigenvalue weighted by atomic mass is 9.89. The molecule has 0 bridgehead atoms. The van der Waals surface area contributed by atoms with E-state index in [2.05, 4.69) is 34.9 Å². The smallest absolute Gasteiger partial charge is 0.251 e. The maximum atomic E-state index is 12.4. The second kappa shape index (κ2) is 11.3. The van der Waals surface area contributed by atoms with Gasteiger partial charge in [-0.05, 0) is 67.3 Å². The molecular formula is C27H34N2O3. The van der Waals surface area contributed by atoms with Crippen molar-refractivity contribution in [3.63, 3.8) is 0 Å². The Morgan fingerprint density at radius 3 is 2.50 bits per heavy atom. The van der Waals surface area contributed by atoms with Crippen LogP contribution in [0.3, 0.4) is 0 Å². The van der Waals surface area contributed by atoms with Gasteiger partial charge in [0.1, 0.15) is 0 Å². The zero-order valence-electron chi connectivity index (χ0n) is 18.8. The van der Waals surface area contributed by atoms with Gasteiger partial charge in [-0.15, -0.1) is 0 Å². The molecule has 0 aliphatic heterocycles. The first-order chi connectivity index (χ1) is 15.7. The molecule has 32 heavy (non-hydrogen) atoms. The van der Waals surface area contributed by atoms with Crippen molar-refractivity contribution in [1.82, 2.24) is 10.6 Å². The number of amides is 2. The van der Waals surface area contributed by atoms with Crippen LogP contribution in [0.25, 0.3) is 0 Å². The normalized spacial score (nSPS) is 18.2. The zero-order valence-corrected chi connectivity index (χ0v) is 18.8. The minimum Gasteiger partial charge on any atom is -0.373 e. The molecule has 0 heterocycles. The van der Waals surface area contributed by atoms with Crippen molar-refractivity contribution in [3.8, 4) is 0 Å².